The van der Waals surface area contributed by atoms with Crippen LogP contribution in [0.25, 0.3) is 33.3 Å². The van der Waals surface area contributed by atoms with Gasteiger partial charge in [-0.1, -0.05) is 19.9 Å². The number of oxazole rings is 1. The topological polar surface area (TPSA) is 74.5 Å². The molecule has 4 aromatic rings. The van der Waals surface area contributed by atoms with Crippen LogP contribution in [0.5, 0.6) is 0 Å². The average Bonchev–Trinajstić information content (AvgIpc) is 3.36. The van der Waals surface area contributed by atoms with Crippen LogP contribution in [0.3, 0.4) is 0 Å². The van der Waals surface area contributed by atoms with Gasteiger partial charge in [-0.15, -0.1) is 0 Å². The molecular formula is C29H36N4O3. The summed E-state index contributed by atoms with van der Waals surface area (Å²) >= 11 is 0. The van der Waals surface area contributed by atoms with Gasteiger partial charge in [-0.3, -0.25) is 9.36 Å². The summed E-state index contributed by atoms with van der Waals surface area (Å²) in [6, 6.07) is 10.9. The van der Waals surface area contributed by atoms with Gasteiger partial charge in [0, 0.05) is 36.6 Å². The Kier molecular flexibility index (Phi) is 6.29. The summed E-state index contributed by atoms with van der Waals surface area (Å²) in [5.41, 5.74) is 8.31. The molecule has 1 N–H and O–H groups in total. The zero-order valence-corrected chi connectivity index (χ0v) is 22.1. The van der Waals surface area contributed by atoms with Crippen LogP contribution in [0.1, 0.15) is 55.2 Å². The first-order valence-corrected chi connectivity index (χ1v) is 12.8. The third-order valence-corrected chi connectivity index (χ3v) is 7.58. The minimum absolute atomic E-state index is 0.216. The molecule has 0 spiro atoms. The van der Waals surface area contributed by atoms with Crippen LogP contribution in [0.2, 0.25) is 0 Å². The number of aryl methyl sites for hydroxylation is 2. The normalized spacial score (nSPS) is 15.2. The van der Waals surface area contributed by atoms with Crippen molar-refractivity contribution in [2.24, 2.45) is 7.05 Å². The summed E-state index contributed by atoms with van der Waals surface area (Å²) in [6.45, 7) is 8.54. The fourth-order valence-corrected chi connectivity index (χ4v) is 5.68. The van der Waals surface area contributed by atoms with Gasteiger partial charge in [0.2, 0.25) is 5.91 Å². The Morgan fingerprint density at radius 1 is 1.17 bits per heavy atom. The van der Waals surface area contributed by atoms with E-state index in [1.807, 2.05) is 36.9 Å². The van der Waals surface area contributed by atoms with Crippen LogP contribution in [0, 0.1) is 6.92 Å². The number of likely N-dealkylation sites (tertiary alicyclic amines) is 1. The summed E-state index contributed by atoms with van der Waals surface area (Å²) in [4.78, 5) is 32.2. The molecule has 2 aromatic heterocycles. The SMILES string of the molecule is Cc1cc(-c2[nH]c3ccc(C4CCN(C(=O)CN(C)C)CC4)cc3c2C(C)C)cc2c1oc(=O)n2C. The molecule has 2 aromatic carbocycles. The number of rotatable bonds is 5. The van der Waals surface area contributed by atoms with E-state index in [4.69, 9.17) is 4.42 Å². The van der Waals surface area contributed by atoms with Crippen molar-refractivity contribution in [2.75, 3.05) is 33.7 Å². The van der Waals surface area contributed by atoms with E-state index < -0.39 is 0 Å². The van der Waals surface area contributed by atoms with Gasteiger partial charge in [0.15, 0.2) is 5.58 Å². The van der Waals surface area contributed by atoms with Gasteiger partial charge in [0.05, 0.1) is 17.8 Å². The highest BCUT2D eigenvalue weighted by molar-refractivity contribution is 5.94. The van der Waals surface area contributed by atoms with Gasteiger partial charge >= 0.3 is 5.76 Å². The first-order valence-electron chi connectivity index (χ1n) is 12.8. The first kappa shape index (κ1) is 24.4. The number of fused-ring (bicyclic) bond motifs is 2. The van der Waals surface area contributed by atoms with Crippen molar-refractivity contribution in [3.8, 4) is 11.3 Å². The molecule has 0 atom stereocenters. The predicted octanol–water partition coefficient (Wildman–Crippen LogP) is 4.98. The van der Waals surface area contributed by atoms with E-state index in [9.17, 15) is 9.59 Å². The second-order valence-electron chi connectivity index (χ2n) is 10.8. The third kappa shape index (κ3) is 4.26. The van der Waals surface area contributed by atoms with Gasteiger partial charge in [0.25, 0.3) is 0 Å². The van der Waals surface area contributed by atoms with Crippen molar-refractivity contribution in [2.45, 2.75) is 45.4 Å². The van der Waals surface area contributed by atoms with Crippen molar-refractivity contribution in [3.05, 3.63) is 57.6 Å². The molecule has 7 heteroatoms. The van der Waals surface area contributed by atoms with Crippen molar-refractivity contribution in [3.63, 3.8) is 0 Å². The molecule has 0 saturated carbocycles. The summed E-state index contributed by atoms with van der Waals surface area (Å²) in [5.74, 6) is 0.646. The number of aromatic amines is 1. The van der Waals surface area contributed by atoms with E-state index in [0.29, 0.717) is 24.0 Å². The molecule has 1 aliphatic rings. The maximum Gasteiger partial charge on any atom is 0.419 e. The fourth-order valence-electron chi connectivity index (χ4n) is 5.68. The standard InChI is InChI=1S/C29H36N4O3/c1-17(2)26-22-14-20(19-9-11-33(12-10-19)25(34)16-31(4)5)7-8-23(22)30-27(26)21-13-18(3)28-24(15-21)32(6)29(35)36-28/h7-8,13-15,17,19,30H,9-12,16H2,1-6H3. The number of nitrogens with one attached hydrogen (secondary N) is 1. The lowest BCUT2D eigenvalue weighted by atomic mass is 9.87. The smallest absolute Gasteiger partial charge is 0.407 e. The molecule has 0 radical (unpaired) electrons. The lowest BCUT2D eigenvalue weighted by Crippen LogP contribution is -2.42. The first-order chi connectivity index (χ1) is 17.1. The molecule has 36 heavy (non-hydrogen) atoms. The molecule has 3 heterocycles. The van der Waals surface area contributed by atoms with Gasteiger partial charge in [-0.25, -0.2) is 4.79 Å². The molecule has 0 bridgehead atoms. The second kappa shape index (κ2) is 9.28. The van der Waals surface area contributed by atoms with E-state index in [0.717, 1.165) is 53.8 Å². The van der Waals surface area contributed by atoms with E-state index in [1.54, 1.807) is 11.6 Å². The Bertz CT molecular complexity index is 1500. The van der Waals surface area contributed by atoms with Crippen molar-refractivity contribution in [1.82, 2.24) is 19.4 Å². The minimum Gasteiger partial charge on any atom is -0.407 e. The minimum atomic E-state index is -0.343. The number of aromatic nitrogens is 2. The van der Waals surface area contributed by atoms with E-state index in [2.05, 4.69) is 43.1 Å². The highest BCUT2D eigenvalue weighted by atomic mass is 16.4. The number of hydrogen-bond acceptors (Lipinski definition) is 4. The highest BCUT2D eigenvalue weighted by Gasteiger charge is 2.25. The number of piperidine rings is 1. The number of benzene rings is 2. The zero-order valence-electron chi connectivity index (χ0n) is 22.1. The number of carbonyl (C=O) groups is 1. The largest absolute Gasteiger partial charge is 0.419 e. The number of nitrogens with zero attached hydrogens (tertiary/aromatic N) is 3. The van der Waals surface area contributed by atoms with Crippen LogP contribution in [-0.2, 0) is 11.8 Å². The van der Waals surface area contributed by atoms with Gasteiger partial charge in [-0.2, -0.15) is 0 Å². The lowest BCUT2D eigenvalue weighted by Gasteiger charge is -2.33. The predicted molar refractivity (Wildman–Crippen MR) is 145 cm³/mol. The van der Waals surface area contributed by atoms with E-state index in [-0.39, 0.29) is 11.7 Å². The maximum atomic E-state index is 12.5. The average molecular weight is 489 g/mol. The summed E-state index contributed by atoms with van der Waals surface area (Å²) in [7, 11) is 5.62. The van der Waals surface area contributed by atoms with Gasteiger partial charge in [0.1, 0.15) is 0 Å². The zero-order chi connectivity index (χ0) is 25.7. The van der Waals surface area contributed by atoms with Crippen LogP contribution in [0.4, 0.5) is 0 Å². The van der Waals surface area contributed by atoms with Gasteiger partial charge in [-0.05, 0) is 86.7 Å². The monoisotopic (exact) mass is 488 g/mol. The molecule has 1 saturated heterocycles. The number of amides is 1. The molecule has 0 unspecified atom stereocenters. The quantitative estimate of drug-likeness (QED) is 0.430. The summed E-state index contributed by atoms with van der Waals surface area (Å²) in [5, 5.41) is 1.25. The van der Waals surface area contributed by atoms with Crippen LogP contribution in [0.15, 0.2) is 39.5 Å². The fraction of sp³-hybridized carbons (Fsp3) is 0.448. The molecule has 1 aliphatic heterocycles. The Morgan fingerprint density at radius 3 is 2.56 bits per heavy atom. The molecule has 1 fully saturated rings. The van der Waals surface area contributed by atoms with Crippen molar-refractivity contribution in [1.29, 1.82) is 0 Å². The molecule has 1 amide bonds. The number of H-pyrrole nitrogens is 1. The highest BCUT2D eigenvalue weighted by Crippen LogP contribution is 2.39. The Labute approximate surface area is 211 Å². The van der Waals surface area contributed by atoms with Crippen LogP contribution in [-0.4, -0.2) is 59.0 Å². The molecule has 5 rings (SSSR count). The summed E-state index contributed by atoms with van der Waals surface area (Å²) < 4.78 is 7.02. The third-order valence-electron chi connectivity index (χ3n) is 7.58. The number of likely N-dealkylation sites (N-methyl/N-ethyl adjacent to an activating group) is 1. The van der Waals surface area contributed by atoms with Crippen molar-refractivity contribution >= 4 is 27.9 Å². The lowest BCUT2D eigenvalue weighted by molar-refractivity contribution is -0.132. The Balaban J connectivity index is 1.50. The van der Waals surface area contributed by atoms with Crippen molar-refractivity contribution < 1.29 is 9.21 Å². The number of hydrogen-bond donors (Lipinski definition) is 1. The Hall–Kier alpha value is -3.32. The Morgan fingerprint density at radius 2 is 1.89 bits per heavy atom. The van der Waals surface area contributed by atoms with Crippen LogP contribution >= 0.6 is 0 Å². The molecule has 7 nitrogen and oxygen atoms in total. The molecular weight excluding hydrogens is 452 g/mol. The van der Waals surface area contributed by atoms with Crippen LogP contribution < -0.4 is 5.76 Å². The molecule has 190 valence electrons. The van der Waals surface area contributed by atoms with E-state index >= 15 is 0 Å². The van der Waals surface area contributed by atoms with E-state index in [1.165, 1.54) is 16.5 Å². The summed E-state index contributed by atoms with van der Waals surface area (Å²) in [6.07, 6.45) is 1.98. The maximum absolute atomic E-state index is 12.5. The second-order valence-corrected chi connectivity index (χ2v) is 10.8. The molecule has 0 aliphatic carbocycles. The number of carbonyl (C=O) groups excluding carboxylic acids is 1. The van der Waals surface area contributed by atoms with Gasteiger partial charge < -0.3 is 19.2 Å².